The van der Waals surface area contributed by atoms with E-state index in [-0.39, 0.29) is 16.9 Å². The van der Waals surface area contributed by atoms with Crippen LogP contribution in [0.4, 0.5) is 0 Å². The molecule has 1 aromatic rings. The molecule has 0 fully saturated rings. The fourth-order valence-corrected chi connectivity index (χ4v) is 1.80. The number of Topliss-reactive ketones (excluding diaryl/α,β-unsaturated/α-hetero) is 1. The van der Waals surface area contributed by atoms with Crippen LogP contribution in [0.3, 0.4) is 0 Å². The molecule has 0 saturated heterocycles. The molecule has 2 atom stereocenters. The molecular formula is C12H10BrNO4. The Labute approximate surface area is 112 Å². The second-order valence-corrected chi connectivity index (χ2v) is 4.59. The Morgan fingerprint density at radius 1 is 1.44 bits per heavy atom. The predicted octanol–water partition coefficient (Wildman–Crippen LogP) is 1.70. The molecule has 18 heavy (non-hydrogen) atoms. The molecule has 5 nitrogen and oxygen atoms in total. The first-order valence-corrected chi connectivity index (χ1v) is 5.89. The van der Waals surface area contributed by atoms with Gasteiger partial charge in [0.2, 0.25) is 0 Å². The Morgan fingerprint density at radius 2 is 2.06 bits per heavy atom. The maximum atomic E-state index is 11.3. The summed E-state index contributed by atoms with van der Waals surface area (Å²) >= 11 is 3.13. The van der Waals surface area contributed by atoms with Gasteiger partial charge in [0.15, 0.2) is 6.10 Å². The summed E-state index contributed by atoms with van der Waals surface area (Å²) in [4.78, 5) is 21.3. The Bertz CT molecular complexity index is 535. The highest BCUT2D eigenvalue weighted by Crippen LogP contribution is 2.29. The van der Waals surface area contributed by atoms with E-state index in [4.69, 9.17) is 10.4 Å². The van der Waals surface area contributed by atoms with E-state index >= 15 is 0 Å². The molecule has 0 aromatic heterocycles. The number of carboxylic acids is 1. The molecule has 2 N–H and O–H groups in total. The van der Waals surface area contributed by atoms with E-state index in [0.29, 0.717) is 5.56 Å². The van der Waals surface area contributed by atoms with Crippen LogP contribution >= 0.6 is 15.9 Å². The van der Waals surface area contributed by atoms with Crippen molar-refractivity contribution in [1.82, 2.24) is 0 Å². The molecular weight excluding hydrogens is 302 g/mol. The third-order valence-electron chi connectivity index (χ3n) is 2.38. The summed E-state index contributed by atoms with van der Waals surface area (Å²) in [5, 5.41) is 27.1. The SMILES string of the molecule is CC(=O)C(Br)c1cc(C(O)C(=O)O)ccc1C#N. The van der Waals surface area contributed by atoms with Gasteiger partial charge in [0.05, 0.1) is 16.5 Å². The molecule has 0 aliphatic carbocycles. The molecule has 0 saturated carbocycles. The highest BCUT2D eigenvalue weighted by atomic mass is 79.9. The van der Waals surface area contributed by atoms with Gasteiger partial charge in [-0.15, -0.1) is 0 Å². The van der Waals surface area contributed by atoms with Gasteiger partial charge in [-0.1, -0.05) is 22.0 Å². The lowest BCUT2D eigenvalue weighted by molar-refractivity contribution is -0.146. The molecule has 1 rings (SSSR count). The van der Waals surface area contributed by atoms with Crippen LogP contribution in [0.5, 0.6) is 0 Å². The van der Waals surface area contributed by atoms with Crippen LogP contribution in [-0.2, 0) is 9.59 Å². The summed E-state index contributed by atoms with van der Waals surface area (Å²) in [6.07, 6.45) is -1.68. The number of carbonyl (C=O) groups excluding carboxylic acids is 1. The topological polar surface area (TPSA) is 98.4 Å². The molecule has 6 heteroatoms. The van der Waals surface area contributed by atoms with E-state index in [1.165, 1.54) is 25.1 Å². The van der Waals surface area contributed by atoms with Crippen LogP contribution in [0.25, 0.3) is 0 Å². The number of rotatable bonds is 4. The minimum Gasteiger partial charge on any atom is -0.479 e. The van der Waals surface area contributed by atoms with Crippen LogP contribution in [0.2, 0.25) is 0 Å². The predicted molar refractivity (Wildman–Crippen MR) is 66.1 cm³/mol. The highest BCUT2D eigenvalue weighted by Gasteiger charge is 2.21. The van der Waals surface area contributed by atoms with E-state index in [2.05, 4.69) is 15.9 Å². The molecule has 0 heterocycles. The molecule has 1 aromatic carbocycles. The highest BCUT2D eigenvalue weighted by molar-refractivity contribution is 9.09. The average Bonchev–Trinajstić information content (AvgIpc) is 2.35. The number of benzene rings is 1. The Kier molecular flexibility index (Phi) is 4.59. The summed E-state index contributed by atoms with van der Waals surface area (Å²) < 4.78 is 0. The maximum absolute atomic E-state index is 11.3. The fraction of sp³-hybridized carbons (Fsp3) is 0.250. The van der Waals surface area contributed by atoms with Gasteiger partial charge < -0.3 is 10.2 Å². The first-order valence-electron chi connectivity index (χ1n) is 4.97. The summed E-state index contributed by atoms with van der Waals surface area (Å²) in [6.45, 7) is 1.35. The van der Waals surface area contributed by atoms with Gasteiger partial charge in [-0.3, -0.25) is 4.79 Å². The summed E-state index contributed by atoms with van der Waals surface area (Å²) in [5.74, 6) is -1.60. The van der Waals surface area contributed by atoms with Crippen molar-refractivity contribution in [2.45, 2.75) is 17.9 Å². The summed E-state index contributed by atoms with van der Waals surface area (Å²) in [5.41, 5.74) is 0.735. The average molecular weight is 312 g/mol. The lowest BCUT2D eigenvalue weighted by Gasteiger charge is -2.12. The minimum absolute atomic E-state index is 0.127. The third-order valence-corrected chi connectivity index (χ3v) is 3.51. The number of halogens is 1. The zero-order valence-corrected chi connectivity index (χ0v) is 11.0. The molecule has 0 spiro atoms. The van der Waals surface area contributed by atoms with Gasteiger partial charge in [-0.2, -0.15) is 5.26 Å². The number of aliphatic carboxylic acids is 1. The maximum Gasteiger partial charge on any atom is 0.337 e. The van der Waals surface area contributed by atoms with Crippen molar-refractivity contribution < 1.29 is 19.8 Å². The Hall–Kier alpha value is -1.71. The summed E-state index contributed by atoms with van der Waals surface area (Å²) in [7, 11) is 0. The van der Waals surface area contributed by atoms with Crippen LogP contribution in [0.15, 0.2) is 18.2 Å². The van der Waals surface area contributed by atoms with Crippen LogP contribution in [0.1, 0.15) is 34.5 Å². The second-order valence-electron chi connectivity index (χ2n) is 3.67. The van der Waals surface area contributed by atoms with Crippen molar-refractivity contribution in [3.63, 3.8) is 0 Å². The lowest BCUT2D eigenvalue weighted by atomic mass is 9.98. The van der Waals surface area contributed by atoms with Crippen molar-refractivity contribution in [2.75, 3.05) is 0 Å². The van der Waals surface area contributed by atoms with Crippen molar-refractivity contribution in [1.29, 1.82) is 5.26 Å². The van der Waals surface area contributed by atoms with Gasteiger partial charge in [-0.05, 0) is 30.2 Å². The number of alkyl halides is 1. The van der Waals surface area contributed by atoms with E-state index in [1.54, 1.807) is 0 Å². The molecule has 2 unspecified atom stereocenters. The smallest absolute Gasteiger partial charge is 0.337 e. The lowest BCUT2D eigenvalue weighted by Crippen LogP contribution is -2.12. The van der Waals surface area contributed by atoms with Gasteiger partial charge in [0, 0.05) is 0 Å². The number of carboxylic acid groups (broad SMARTS) is 1. The number of nitriles is 1. The van der Waals surface area contributed by atoms with Gasteiger partial charge in [0.1, 0.15) is 5.78 Å². The van der Waals surface area contributed by atoms with Crippen molar-refractivity contribution in [3.05, 3.63) is 34.9 Å². The van der Waals surface area contributed by atoms with E-state index in [9.17, 15) is 14.7 Å². The van der Waals surface area contributed by atoms with Crippen LogP contribution < -0.4 is 0 Å². The first kappa shape index (κ1) is 14.4. The largest absolute Gasteiger partial charge is 0.479 e. The third kappa shape index (κ3) is 2.94. The number of ketones is 1. The number of aliphatic hydroxyl groups excluding tert-OH is 1. The van der Waals surface area contributed by atoms with Crippen LogP contribution in [-0.4, -0.2) is 22.0 Å². The molecule has 0 aliphatic heterocycles. The summed E-state index contributed by atoms with van der Waals surface area (Å²) in [6, 6.07) is 5.99. The Balaban J connectivity index is 3.31. The number of nitrogens with zero attached hydrogens (tertiary/aromatic N) is 1. The number of carbonyl (C=O) groups is 2. The molecule has 0 aliphatic rings. The minimum atomic E-state index is -1.68. The van der Waals surface area contributed by atoms with Gasteiger partial charge >= 0.3 is 5.97 Å². The van der Waals surface area contributed by atoms with E-state index in [0.717, 1.165) is 0 Å². The van der Waals surface area contributed by atoms with Gasteiger partial charge in [0.25, 0.3) is 0 Å². The Morgan fingerprint density at radius 3 is 2.50 bits per heavy atom. The zero-order chi connectivity index (χ0) is 13.9. The standard InChI is InChI=1S/C12H10BrNO4/c1-6(15)10(13)9-4-7(11(16)12(17)18)2-3-8(9)5-14/h2-4,10-11,16H,1H3,(H,17,18). The van der Waals surface area contributed by atoms with Crippen molar-refractivity contribution in [3.8, 4) is 6.07 Å². The normalized spacial score (nSPS) is 13.4. The monoisotopic (exact) mass is 311 g/mol. The number of aliphatic hydroxyl groups is 1. The quantitative estimate of drug-likeness (QED) is 0.825. The zero-order valence-electron chi connectivity index (χ0n) is 9.42. The number of hydrogen-bond acceptors (Lipinski definition) is 4. The molecule has 0 radical (unpaired) electrons. The van der Waals surface area contributed by atoms with Crippen LogP contribution in [0, 0.1) is 11.3 Å². The number of hydrogen-bond donors (Lipinski definition) is 2. The van der Waals surface area contributed by atoms with E-state index in [1.807, 2.05) is 6.07 Å². The fourth-order valence-electron chi connectivity index (χ4n) is 1.42. The molecule has 0 amide bonds. The first-order chi connectivity index (χ1) is 8.38. The van der Waals surface area contributed by atoms with E-state index < -0.39 is 16.9 Å². The van der Waals surface area contributed by atoms with Crippen molar-refractivity contribution >= 4 is 27.7 Å². The van der Waals surface area contributed by atoms with Gasteiger partial charge in [-0.25, -0.2) is 4.79 Å². The molecule has 0 bridgehead atoms. The van der Waals surface area contributed by atoms with Crippen molar-refractivity contribution in [2.24, 2.45) is 0 Å². The second kappa shape index (κ2) is 5.76. The molecule has 94 valence electrons.